The normalized spacial score (nSPS) is 15.0. The molecule has 0 N–H and O–H groups in total. The van der Waals surface area contributed by atoms with E-state index in [1.54, 1.807) is 0 Å². The second-order valence-corrected chi connectivity index (χ2v) is 15.8. The summed E-state index contributed by atoms with van der Waals surface area (Å²) in [5, 5.41) is 7.81. The number of aromatic nitrogens is 2. The van der Waals surface area contributed by atoms with E-state index in [0.29, 0.717) is 0 Å². The smallest absolute Gasteiger partial charge is 0.145 e. The third kappa shape index (κ3) is 4.13. The molecule has 0 saturated carbocycles. The number of hydrogen-bond donors (Lipinski definition) is 0. The van der Waals surface area contributed by atoms with Gasteiger partial charge in [0.2, 0.25) is 0 Å². The number of para-hydroxylation sites is 3. The Morgan fingerprint density at radius 3 is 1.53 bits per heavy atom. The first-order chi connectivity index (χ1) is 28.8. The summed E-state index contributed by atoms with van der Waals surface area (Å²) >= 11 is 0. The fourth-order valence-electron chi connectivity index (χ4n) is 10.6. The number of imidazole rings is 1. The van der Waals surface area contributed by atoms with E-state index >= 15 is 0 Å². The lowest BCUT2D eigenvalue weighted by Crippen LogP contribution is -2.25. The molecule has 1 atom stereocenters. The molecule has 10 aromatic carbocycles. The Morgan fingerprint density at radius 2 is 0.828 bits per heavy atom. The fraction of sp³-hybridized carbons (Fsp3) is 0.0179. The van der Waals surface area contributed by atoms with Crippen LogP contribution >= 0.6 is 0 Å². The first-order valence-corrected chi connectivity index (χ1v) is 20.1. The van der Waals surface area contributed by atoms with E-state index in [4.69, 9.17) is 4.98 Å². The maximum Gasteiger partial charge on any atom is 0.145 e. The monoisotopic (exact) mass is 734 g/mol. The quantitative estimate of drug-likeness (QED) is 0.165. The van der Waals surface area contributed by atoms with E-state index in [1.807, 2.05) is 0 Å². The van der Waals surface area contributed by atoms with Gasteiger partial charge in [-0.05, 0) is 130 Å². The number of benzene rings is 10. The van der Waals surface area contributed by atoms with Crippen molar-refractivity contribution in [2.75, 3.05) is 0 Å². The molecule has 2 heteroatoms. The Hall–Kier alpha value is -7.55. The summed E-state index contributed by atoms with van der Waals surface area (Å²) in [5.41, 5.74) is 16.9. The second-order valence-electron chi connectivity index (χ2n) is 15.8. The molecule has 0 saturated heterocycles. The summed E-state index contributed by atoms with van der Waals surface area (Å²) in [6, 6.07) is 76.2. The summed E-state index contributed by atoms with van der Waals surface area (Å²) in [6.45, 7) is 0. The molecule has 0 fully saturated rings. The number of nitrogens with zero attached hydrogens (tertiary/aromatic N) is 2. The third-order valence-corrected chi connectivity index (χ3v) is 13.0. The van der Waals surface area contributed by atoms with Crippen LogP contribution < -0.4 is 0 Å². The van der Waals surface area contributed by atoms with Crippen molar-refractivity contribution in [2.24, 2.45) is 0 Å². The van der Waals surface area contributed by atoms with Gasteiger partial charge >= 0.3 is 0 Å². The van der Waals surface area contributed by atoms with Crippen molar-refractivity contribution in [3.63, 3.8) is 0 Å². The summed E-state index contributed by atoms with van der Waals surface area (Å²) < 4.78 is 2.27. The molecule has 0 amide bonds. The Morgan fingerprint density at radius 1 is 0.328 bits per heavy atom. The van der Waals surface area contributed by atoms with Crippen LogP contribution in [0.2, 0.25) is 0 Å². The zero-order valence-corrected chi connectivity index (χ0v) is 31.5. The summed E-state index contributed by atoms with van der Waals surface area (Å²) in [5.74, 6) is 0.939. The van der Waals surface area contributed by atoms with Gasteiger partial charge in [0.1, 0.15) is 5.82 Å². The molecule has 11 aromatic rings. The molecule has 58 heavy (non-hydrogen) atoms. The maximum absolute atomic E-state index is 5.14. The summed E-state index contributed by atoms with van der Waals surface area (Å²) in [7, 11) is 0. The number of hydrogen-bond acceptors (Lipinski definition) is 1. The van der Waals surface area contributed by atoms with Gasteiger partial charge in [-0.3, -0.25) is 4.57 Å². The molecule has 1 unspecified atom stereocenters. The zero-order chi connectivity index (χ0) is 38.0. The van der Waals surface area contributed by atoms with Crippen LogP contribution in [0.25, 0.3) is 93.8 Å². The standard InChI is InChI=1S/C56H34N2/c1-2-14-38(15-3-1)58-54-25-13-12-24-53(54)57-55(58)36-28-26-35(27-29-36)37-30-31-45-43-20-8-10-22-49(43)56(51(45)32-37)50-23-11-9-21-44(50)48-33-46-41-18-6-4-16-39(41)40-17-5-7-19-42(40)47(46)34-52(48)56/h1-34H. The predicted molar refractivity (Wildman–Crippen MR) is 241 cm³/mol. The van der Waals surface area contributed by atoms with Crippen LogP contribution in [-0.2, 0) is 5.41 Å². The van der Waals surface area contributed by atoms with E-state index in [9.17, 15) is 0 Å². The highest BCUT2D eigenvalue weighted by Gasteiger charge is 2.51. The molecule has 268 valence electrons. The highest BCUT2D eigenvalue weighted by molar-refractivity contribution is 6.26. The van der Waals surface area contributed by atoms with Crippen molar-refractivity contribution < 1.29 is 0 Å². The van der Waals surface area contributed by atoms with Gasteiger partial charge in [0.05, 0.1) is 16.4 Å². The fourth-order valence-corrected chi connectivity index (χ4v) is 10.6. The molecule has 2 aliphatic carbocycles. The lowest BCUT2D eigenvalue weighted by Gasteiger charge is -2.31. The molecule has 0 bridgehead atoms. The van der Waals surface area contributed by atoms with Crippen LogP contribution in [0.1, 0.15) is 22.3 Å². The van der Waals surface area contributed by atoms with Crippen molar-refractivity contribution in [1.82, 2.24) is 9.55 Å². The minimum atomic E-state index is -0.463. The maximum atomic E-state index is 5.14. The van der Waals surface area contributed by atoms with E-state index in [2.05, 4.69) is 211 Å². The van der Waals surface area contributed by atoms with Crippen LogP contribution in [0.3, 0.4) is 0 Å². The Bertz CT molecular complexity index is 3500. The Labute approximate surface area is 335 Å². The number of fused-ring (bicyclic) bond motifs is 17. The van der Waals surface area contributed by atoms with Crippen LogP contribution in [-0.4, -0.2) is 9.55 Å². The van der Waals surface area contributed by atoms with Crippen molar-refractivity contribution in [3.8, 4) is 50.5 Å². The highest BCUT2D eigenvalue weighted by Crippen LogP contribution is 2.64. The summed E-state index contributed by atoms with van der Waals surface area (Å²) in [6.07, 6.45) is 0. The Balaban J connectivity index is 1.03. The highest BCUT2D eigenvalue weighted by atomic mass is 15.1. The van der Waals surface area contributed by atoms with Gasteiger partial charge in [0.15, 0.2) is 0 Å². The molecule has 13 rings (SSSR count). The molecular weight excluding hydrogens is 701 g/mol. The zero-order valence-electron chi connectivity index (χ0n) is 31.5. The SMILES string of the molecule is c1ccc(-n2c(-c3ccc(-c4ccc5c(c4)C4(c6ccccc6-5)c5ccccc5-c5cc6c7ccccc7c7ccccc7c6cc54)cc3)nc3ccccc32)cc1. The van der Waals surface area contributed by atoms with Crippen molar-refractivity contribution >= 4 is 43.4 Å². The van der Waals surface area contributed by atoms with Crippen LogP contribution in [0, 0.1) is 0 Å². The van der Waals surface area contributed by atoms with Gasteiger partial charge in [-0.2, -0.15) is 0 Å². The van der Waals surface area contributed by atoms with Crippen molar-refractivity contribution in [3.05, 3.63) is 229 Å². The molecule has 2 nitrogen and oxygen atoms in total. The number of rotatable bonds is 3. The molecule has 1 spiro atoms. The average Bonchev–Trinajstić information content (AvgIpc) is 3.93. The van der Waals surface area contributed by atoms with E-state index < -0.39 is 5.41 Å². The minimum absolute atomic E-state index is 0.463. The lowest BCUT2D eigenvalue weighted by atomic mass is 9.70. The molecule has 2 aliphatic rings. The molecule has 0 aliphatic heterocycles. The largest absolute Gasteiger partial charge is 0.292 e. The van der Waals surface area contributed by atoms with Crippen molar-refractivity contribution in [1.29, 1.82) is 0 Å². The van der Waals surface area contributed by atoms with E-state index in [-0.39, 0.29) is 0 Å². The van der Waals surface area contributed by atoms with Gasteiger partial charge in [-0.1, -0.05) is 164 Å². The first-order valence-electron chi connectivity index (χ1n) is 20.1. The van der Waals surface area contributed by atoms with Gasteiger partial charge < -0.3 is 0 Å². The van der Waals surface area contributed by atoms with Gasteiger partial charge in [0.25, 0.3) is 0 Å². The topological polar surface area (TPSA) is 17.8 Å². The molecular formula is C56H34N2. The van der Waals surface area contributed by atoms with E-state index in [1.165, 1.54) is 88.0 Å². The average molecular weight is 735 g/mol. The van der Waals surface area contributed by atoms with Crippen LogP contribution in [0.5, 0.6) is 0 Å². The molecule has 1 heterocycles. The minimum Gasteiger partial charge on any atom is -0.292 e. The van der Waals surface area contributed by atoms with Crippen molar-refractivity contribution in [2.45, 2.75) is 5.41 Å². The second kappa shape index (κ2) is 11.7. The Kier molecular flexibility index (Phi) is 6.40. The van der Waals surface area contributed by atoms with Crippen LogP contribution in [0.4, 0.5) is 0 Å². The van der Waals surface area contributed by atoms with Gasteiger partial charge in [-0.25, -0.2) is 4.98 Å². The third-order valence-electron chi connectivity index (χ3n) is 13.0. The van der Waals surface area contributed by atoms with E-state index in [0.717, 1.165) is 28.1 Å². The predicted octanol–water partition coefficient (Wildman–Crippen LogP) is 14.2. The van der Waals surface area contributed by atoms with Gasteiger partial charge in [-0.15, -0.1) is 0 Å². The van der Waals surface area contributed by atoms with Gasteiger partial charge in [0, 0.05) is 11.3 Å². The molecule has 0 radical (unpaired) electrons. The summed E-state index contributed by atoms with van der Waals surface area (Å²) in [4.78, 5) is 5.14. The lowest BCUT2D eigenvalue weighted by molar-refractivity contribution is 0.795. The molecule has 1 aromatic heterocycles. The van der Waals surface area contributed by atoms with Crippen LogP contribution in [0.15, 0.2) is 206 Å². The first kappa shape index (κ1) is 31.6.